The zero-order valence-corrected chi connectivity index (χ0v) is 11.0. The van der Waals surface area contributed by atoms with Crippen LogP contribution in [0.5, 0.6) is 0 Å². The highest BCUT2D eigenvalue weighted by Gasteiger charge is 2.10. The molecule has 2 N–H and O–H groups in total. The average Bonchev–Trinajstić information content (AvgIpc) is 2.68. The van der Waals surface area contributed by atoms with Gasteiger partial charge in [0.2, 0.25) is 0 Å². The van der Waals surface area contributed by atoms with Crippen molar-refractivity contribution in [1.82, 2.24) is 9.78 Å². The molecular formula is C12H13BrFN3. The third kappa shape index (κ3) is 2.92. The molecule has 0 bridgehead atoms. The minimum absolute atomic E-state index is 0.221. The van der Waals surface area contributed by atoms with E-state index < -0.39 is 0 Å². The number of aromatic nitrogens is 2. The zero-order chi connectivity index (χ0) is 12.4. The molecule has 90 valence electrons. The molecule has 0 aliphatic carbocycles. The number of rotatable bonds is 3. The van der Waals surface area contributed by atoms with E-state index >= 15 is 0 Å². The summed E-state index contributed by atoms with van der Waals surface area (Å²) in [7, 11) is 1.86. The largest absolute Gasteiger partial charge is 0.324 e. The first-order valence-corrected chi connectivity index (χ1v) is 6.03. The third-order valence-electron chi connectivity index (χ3n) is 2.59. The van der Waals surface area contributed by atoms with Crippen molar-refractivity contribution in [3.05, 3.63) is 52.0 Å². The number of nitrogens with zero attached hydrogens (tertiary/aromatic N) is 2. The van der Waals surface area contributed by atoms with Crippen LogP contribution in [0.1, 0.15) is 17.2 Å². The summed E-state index contributed by atoms with van der Waals surface area (Å²) in [5.74, 6) is -0.288. The predicted octanol–water partition coefficient (Wildman–Crippen LogP) is 2.56. The van der Waals surface area contributed by atoms with E-state index in [4.69, 9.17) is 5.73 Å². The molecule has 1 unspecified atom stereocenters. The number of nitrogens with two attached hydrogens (primary N) is 1. The summed E-state index contributed by atoms with van der Waals surface area (Å²) in [6, 6.07) is 4.74. The van der Waals surface area contributed by atoms with Crippen molar-refractivity contribution in [2.45, 2.75) is 12.5 Å². The van der Waals surface area contributed by atoms with Crippen LogP contribution in [-0.2, 0) is 13.5 Å². The highest BCUT2D eigenvalue weighted by atomic mass is 79.9. The van der Waals surface area contributed by atoms with Crippen LogP contribution in [0.15, 0.2) is 35.1 Å². The lowest BCUT2D eigenvalue weighted by Crippen LogP contribution is -2.13. The lowest BCUT2D eigenvalue weighted by atomic mass is 10.0. The van der Waals surface area contributed by atoms with Gasteiger partial charge in [-0.2, -0.15) is 5.10 Å². The summed E-state index contributed by atoms with van der Waals surface area (Å²) >= 11 is 3.12. The first kappa shape index (κ1) is 12.3. The normalized spacial score (nSPS) is 12.7. The van der Waals surface area contributed by atoms with Crippen LogP contribution in [0.4, 0.5) is 4.39 Å². The SMILES string of the molecule is Cn1cc(CC(N)c2ccc(Br)c(F)c2)cn1. The maximum absolute atomic E-state index is 13.4. The molecule has 0 aliphatic rings. The van der Waals surface area contributed by atoms with Crippen LogP contribution in [-0.4, -0.2) is 9.78 Å². The third-order valence-corrected chi connectivity index (χ3v) is 3.23. The van der Waals surface area contributed by atoms with Crippen molar-refractivity contribution < 1.29 is 4.39 Å². The smallest absolute Gasteiger partial charge is 0.137 e. The predicted molar refractivity (Wildman–Crippen MR) is 67.9 cm³/mol. The number of hydrogen-bond donors (Lipinski definition) is 1. The summed E-state index contributed by atoms with van der Waals surface area (Å²) in [4.78, 5) is 0. The molecule has 0 saturated heterocycles. The quantitative estimate of drug-likeness (QED) is 0.946. The van der Waals surface area contributed by atoms with Crippen molar-refractivity contribution in [3.8, 4) is 0 Å². The van der Waals surface area contributed by atoms with Crippen LogP contribution in [0, 0.1) is 5.82 Å². The van der Waals surface area contributed by atoms with Crippen LogP contribution in [0.2, 0.25) is 0 Å². The van der Waals surface area contributed by atoms with Gasteiger partial charge in [0.15, 0.2) is 0 Å². The minimum Gasteiger partial charge on any atom is -0.324 e. The van der Waals surface area contributed by atoms with Crippen molar-refractivity contribution in [2.24, 2.45) is 12.8 Å². The molecule has 0 fully saturated rings. The van der Waals surface area contributed by atoms with Crippen molar-refractivity contribution in [2.75, 3.05) is 0 Å². The van der Waals surface area contributed by atoms with E-state index in [2.05, 4.69) is 21.0 Å². The molecule has 1 atom stereocenters. The fraction of sp³-hybridized carbons (Fsp3) is 0.250. The lowest BCUT2D eigenvalue weighted by molar-refractivity contribution is 0.612. The van der Waals surface area contributed by atoms with Crippen molar-refractivity contribution in [3.63, 3.8) is 0 Å². The Balaban J connectivity index is 2.14. The Morgan fingerprint density at radius 3 is 2.88 bits per heavy atom. The number of aryl methyl sites for hydroxylation is 1. The minimum atomic E-state index is -0.288. The highest BCUT2D eigenvalue weighted by molar-refractivity contribution is 9.10. The number of benzene rings is 1. The summed E-state index contributed by atoms with van der Waals surface area (Å²) in [5, 5.41) is 4.07. The molecule has 2 aromatic rings. The van der Waals surface area contributed by atoms with E-state index in [1.165, 1.54) is 6.07 Å². The second-order valence-electron chi connectivity index (χ2n) is 4.01. The van der Waals surface area contributed by atoms with Gasteiger partial charge in [-0.15, -0.1) is 0 Å². The van der Waals surface area contributed by atoms with E-state index in [0.29, 0.717) is 10.9 Å². The van der Waals surface area contributed by atoms with Gasteiger partial charge >= 0.3 is 0 Å². The van der Waals surface area contributed by atoms with Crippen LogP contribution >= 0.6 is 15.9 Å². The fourth-order valence-electron chi connectivity index (χ4n) is 1.69. The first-order chi connectivity index (χ1) is 8.06. The van der Waals surface area contributed by atoms with Crippen molar-refractivity contribution >= 4 is 15.9 Å². The number of hydrogen-bond acceptors (Lipinski definition) is 2. The van der Waals surface area contributed by atoms with Gasteiger partial charge in [0.05, 0.1) is 10.7 Å². The Morgan fingerprint density at radius 1 is 1.53 bits per heavy atom. The first-order valence-electron chi connectivity index (χ1n) is 5.24. The van der Waals surface area contributed by atoms with E-state index in [0.717, 1.165) is 11.1 Å². The van der Waals surface area contributed by atoms with E-state index in [1.54, 1.807) is 16.9 Å². The topological polar surface area (TPSA) is 43.8 Å². The molecule has 1 aromatic heterocycles. The maximum Gasteiger partial charge on any atom is 0.137 e. The molecule has 5 heteroatoms. The highest BCUT2D eigenvalue weighted by Crippen LogP contribution is 2.21. The van der Waals surface area contributed by atoms with Crippen molar-refractivity contribution in [1.29, 1.82) is 0 Å². The number of halogens is 2. The average molecular weight is 298 g/mol. The Hall–Kier alpha value is -1.20. The maximum atomic E-state index is 13.4. The Bertz CT molecular complexity index is 524. The standard InChI is InChI=1S/C12H13BrFN3/c1-17-7-8(6-16-17)4-12(15)9-2-3-10(13)11(14)5-9/h2-3,5-7,12H,4,15H2,1H3. The Kier molecular flexibility index (Phi) is 3.59. The van der Waals surface area contributed by atoms with Gasteiger partial charge in [-0.1, -0.05) is 6.07 Å². The Labute approximate surface area is 108 Å². The van der Waals surface area contributed by atoms with Gasteiger partial charge in [-0.3, -0.25) is 4.68 Å². The summed E-state index contributed by atoms with van der Waals surface area (Å²) in [5.41, 5.74) is 7.87. The second kappa shape index (κ2) is 4.98. The van der Waals surface area contributed by atoms with Crippen LogP contribution in [0.25, 0.3) is 0 Å². The second-order valence-corrected chi connectivity index (χ2v) is 4.86. The summed E-state index contributed by atoms with van der Waals surface area (Å²) < 4.78 is 15.5. The molecular weight excluding hydrogens is 285 g/mol. The zero-order valence-electron chi connectivity index (χ0n) is 9.40. The van der Waals surface area contributed by atoms with Crippen LogP contribution < -0.4 is 5.73 Å². The van der Waals surface area contributed by atoms with Crippen LogP contribution in [0.3, 0.4) is 0 Å². The van der Waals surface area contributed by atoms with Gasteiger partial charge in [0, 0.05) is 19.3 Å². The molecule has 3 nitrogen and oxygen atoms in total. The molecule has 2 rings (SSSR count). The molecule has 0 spiro atoms. The van der Waals surface area contributed by atoms with Gasteiger partial charge in [0.1, 0.15) is 5.82 Å². The summed E-state index contributed by atoms with van der Waals surface area (Å²) in [6.07, 6.45) is 4.33. The van der Waals surface area contributed by atoms with E-state index in [-0.39, 0.29) is 11.9 Å². The van der Waals surface area contributed by atoms with Gasteiger partial charge in [-0.05, 0) is 45.6 Å². The fourth-order valence-corrected chi connectivity index (χ4v) is 1.94. The molecule has 0 radical (unpaired) electrons. The van der Waals surface area contributed by atoms with Gasteiger partial charge in [0.25, 0.3) is 0 Å². The molecule has 0 aliphatic heterocycles. The monoisotopic (exact) mass is 297 g/mol. The van der Waals surface area contributed by atoms with Gasteiger partial charge < -0.3 is 5.73 Å². The molecule has 17 heavy (non-hydrogen) atoms. The van der Waals surface area contributed by atoms with E-state index in [1.807, 2.05) is 19.3 Å². The lowest BCUT2D eigenvalue weighted by Gasteiger charge is -2.11. The van der Waals surface area contributed by atoms with E-state index in [9.17, 15) is 4.39 Å². The molecule has 1 aromatic carbocycles. The van der Waals surface area contributed by atoms with Gasteiger partial charge in [-0.25, -0.2) is 4.39 Å². The molecule has 0 amide bonds. The summed E-state index contributed by atoms with van der Waals surface area (Å²) in [6.45, 7) is 0. The Morgan fingerprint density at radius 2 is 2.29 bits per heavy atom. The molecule has 1 heterocycles. The molecule has 0 saturated carbocycles.